The first kappa shape index (κ1) is 12.8. The molecule has 0 aliphatic heterocycles. The van der Waals surface area contributed by atoms with Gasteiger partial charge in [0, 0.05) is 24.5 Å². The van der Waals surface area contributed by atoms with Crippen LogP contribution in [-0.2, 0) is 11.8 Å². The fraction of sp³-hybridized carbons (Fsp3) is 0.154. The molecule has 1 aromatic carbocycles. The molecule has 0 amide bonds. The van der Waals surface area contributed by atoms with Gasteiger partial charge in [-0.05, 0) is 31.2 Å². The van der Waals surface area contributed by atoms with E-state index < -0.39 is 11.8 Å². The highest BCUT2D eigenvalue weighted by atomic mass is 16.4. The number of carboxylic acids is 1. The van der Waals surface area contributed by atoms with Crippen LogP contribution in [0.1, 0.15) is 16.1 Å². The highest BCUT2D eigenvalue weighted by Gasteiger charge is 2.15. The number of imidazole rings is 1. The van der Waals surface area contributed by atoms with Crippen molar-refractivity contribution in [3.63, 3.8) is 0 Å². The van der Waals surface area contributed by atoms with Gasteiger partial charge in [0.15, 0.2) is 0 Å². The van der Waals surface area contributed by atoms with Crippen LogP contribution >= 0.6 is 0 Å². The lowest BCUT2D eigenvalue weighted by Crippen LogP contribution is -2.21. The van der Waals surface area contributed by atoms with Crippen LogP contribution in [0.2, 0.25) is 0 Å². The second-order valence-corrected chi connectivity index (χ2v) is 4.18. The van der Waals surface area contributed by atoms with Crippen molar-refractivity contribution in [1.82, 2.24) is 9.13 Å². The van der Waals surface area contributed by atoms with E-state index in [4.69, 9.17) is 5.11 Å². The number of carbonyl (C=O) groups excluding carboxylic acids is 1. The van der Waals surface area contributed by atoms with E-state index >= 15 is 0 Å². The van der Waals surface area contributed by atoms with Crippen molar-refractivity contribution in [3.05, 3.63) is 52.2 Å². The maximum absolute atomic E-state index is 11.9. The Labute approximate surface area is 108 Å². The van der Waals surface area contributed by atoms with E-state index in [-0.39, 0.29) is 11.3 Å². The predicted octanol–water partition coefficient (Wildman–Crippen LogP) is 0.752. The topological polar surface area (TPSA) is 81.3 Å². The number of aryl methyl sites for hydroxylation is 2. The predicted molar refractivity (Wildman–Crippen MR) is 67.7 cm³/mol. The lowest BCUT2D eigenvalue weighted by atomic mass is 10.1. The van der Waals surface area contributed by atoms with Gasteiger partial charge in [-0.15, -0.1) is 0 Å². The molecule has 0 saturated carbocycles. The van der Waals surface area contributed by atoms with Crippen LogP contribution in [0.25, 0.3) is 5.69 Å². The molecule has 0 saturated heterocycles. The molecule has 1 heterocycles. The Morgan fingerprint density at radius 3 is 2.16 bits per heavy atom. The number of carbonyl (C=O) groups is 2. The Balaban J connectivity index is 2.46. The van der Waals surface area contributed by atoms with Gasteiger partial charge in [0.2, 0.25) is 0 Å². The summed E-state index contributed by atoms with van der Waals surface area (Å²) in [5.41, 5.74) is 1.22. The summed E-state index contributed by atoms with van der Waals surface area (Å²) in [4.78, 5) is 33.7. The highest BCUT2D eigenvalue weighted by Crippen LogP contribution is 2.11. The third-order valence-electron chi connectivity index (χ3n) is 2.81. The van der Waals surface area contributed by atoms with Crippen molar-refractivity contribution in [1.29, 1.82) is 0 Å². The molecule has 0 spiro atoms. The highest BCUT2D eigenvalue weighted by molar-refractivity contribution is 6.39. The van der Waals surface area contributed by atoms with Gasteiger partial charge in [-0.2, -0.15) is 0 Å². The zero-order valence-corrected chi connectivity index (χ0v) is 10.5. The van der Waals surface area contributed by atoms with Crippen LogP contribution in [0.5, 0.6) is 0 Å². The molecule has 2 rings (SSSR count). The molecular weight excluding hydrogens is 248 g/mol. The molecule has 2 aromatic rings. The van der Waals surface area contributed by atoms with E-state index in [0.717, 1.165) is 5.69 Å². The van der Waals surface area contributed by atoms with Crippen molar-refractivity contribution in [3.8, 4) is 5.69 Å². The lowest BCUT2D eigenvalue weighted by molar-refractivity contribution is -0.131. The number of hydrogen-bond acceptors (Lipinski definition) is 3. The van der Waals surface area contributed by atoms with Gasteiger partial charge < -0.3 is 9.67 Å². The van der Waals surface area contributed by atoms with E-state index in [1.54, 1.807) is 32.3 Å². The Bertz CT molecular complexity index is 707. The second kappa shape index (κ2) is 4.56. The zero-order chi connectivity index (χ0) is 14.2. The van der Waals surface area contributed by atoms with E-state index in [0.29, 0.717) is 5.69 Å². The number of aromatic nitrogens is 2. The Kier molecular flexibility index (Phi) is 3.08. The van der Waals surface area contributed by atoms with Crippen LogP contribution in [-0.4, -0.2) is 26.0 Å². The summed E-state index contributed by atoms with van der Waals surface area (Å²) in [6.07, 6.45) is 1.69. The lowest BCUT2D eigenvalue weighted by Gasteiger charge is -2.04. The number of carboxylic acid groups (broad SMARTS) is 1. The Hall–Kier alpha value is -2.63. The first-order chi connectivity index (χ1) is 8.91. The normalized spacial score (nSPS) is 10.4. The third-order valence-corrected chi connectivity index (χ3v) is 2.81. The number of aliphatic carboxylic acids is 1. The Morgan fingerprint density at radius 1 is 1.16 bits per heavy atom. The summed E-state index contributed by atoms with van der Waals surface area (Å²) in [5.74, 6) is -2.47. The average Bonchev–Trinajstić information content (AvgIpc) is 2.62. The van der Waals surface area contributed by atoms with Crippen molar-refractivity contribution < 1.29 is 14.7 Å². The summed E-state index contributed by atoms with van der Waals surface area (Å²) in [5, 5.41) is 8.61. The molecule has 19 heavy (non-hydrogen) atoms. The standard InChI is InChI=1S/C13H12N2O4/c1-8-7-14(2)13(19)15(8)10-5-3-9(4-6-10)11(16)12(17)18/h3-7H,1-2H3,(H,17,18). The van der Waals surface area contributed by atoms with Crippen LogP contribution in [0.3, 0.4) is 0 Å². The van der Waals surface area contributed by atoms with E-state index in [1.807, 2.05) is 0 Å². The fourth-order valence-corrected chi connectivity index (χ4v) is 1.90. The zero-order valence-electron chi connectivity index (χ0n) is 10.5. The van der Waals surface area contributed by atoms with Crippen LogP contribution < -0.4 is 5.69 Å². The van der Waals surface area contributed by atoms with E-state index in [9.17, 15) is 14.4 Å². The number of ketones is 1. The minimum Gasteiger partial charge on any atom is -0.475 e. The van der Waals surface area contributed by atoms with Gasteiger partial charge in [-0.3, -0.25) is 9.36 Å². The quantitative estimate of drug-likeness (QED) is 0.652. The van der Waals surface area contributed by atoms with Gasteiger partial charge >= 0.3 is 11.7 Å². The summed E-state index contributed by atoms with van der Waals surface area (Å²) in [6.45, 7) is 1.79. The number of hydrogen-bond donors (Lipinski definition) is 1. The van der Waals surface area contributed by atoms with Gasteiger partial charge in [0.25, 0.3) is 5.78 Å². The summed E-state index contributed by atoms with van der Waals surface area (Å²) >= 11 is 0. The van der Waals surface area contributed by atoms with Crippen molar-refractivity contribution >= 4 is 11.8 Å². The molecular formula is C13H12N2O4. The molecule has 1 N–H and O–H groups in total. The molecule has 0 atom stereocenters. The van der Waals surface area contributed by atoms with Gasteiger partial charge in [0.1, 0.15) is 0 Å². The van der Waals surface area contributed by atoms with Crippen molar-refractivity contribution in [2.45, 2.75) is 6.92 Å². The van der Waals surface area contributed by atoms with Crippen LogP contribution in [0.4, 0.5) is 0 Å². The molecule has 0 fully saturated rings. The summed E-state index contributed by atoms with van der Waals surface area (Å²) in [7, 11) is 1.65. The van der Waals surface area contributed by atoms with Gasteiger partial charge in [-0.1, -0.05) is 0 Å². The molecule has 0 aliphatic carbocycles. The van der Waals surface area contributed by atoms with Crippen molar-refractivity contribution in [2.24, 2.45) is 7.05 Å². The summed E-state index contributed by atoms with van der Waals surface area (Å²) < 4.78 is 2.93. The van der Waals surface area contributed by atoms with Gasteiger partial charge in [0.05, 0.1) is 5.69 Å². The number of benzene rings is 1. The summed E-state index contributed by atoms with van der Waals surface area (Å²) in [6, 6.07) is 5.88. The molecule has 6 nitrogen and oxygen atoms in total. The van der Waals surface area contributed by atoms with E-state index in [1.165, 1.54) is 21.3 Å². The van der Waals surface area contributed by atoms with Crippen molar-refractivity contribution in [2.75, 3.05) is 0 Å². The maximum atomic E-state index is 11.9. The van der Waals surface area contributed by atoms with Crippen LogP contribution in [0, 0.1) is 6.92 Å². The third kappa shape index (κ3) is 2.20. The molecule has 98 valence electrons. The minimum absolute atomic E-state index is 0.0814. The van der Waals surface area contributed by atoms with E-state index in [2.05, 4.69) is 0 Å². The largest absolute Gasteiger partial charge is 0.475 e. The molecule has 0 bridgehead atoms. The monoisotopic (exact) mass is 260 g/mol. The average molecular weight is 260 g/mol. The Morgan fingerprint density at radius 2 is 1.74 bits per heavy atom. The number of rotatable bonds is 3. The van der Waals surface area contributed by atoms with Gasteiger partial charge in [-0.25, -0.2) is 9.59 Å². The minimum atomic E-state index is -1.50. The first-order valence-corrected chi connectivity index (χ1v) is 5.55. The first-order valence-electron chi connectivity index (χ1n) is 5.55. The molecule has 1 aromatic heterocycles. The second-order valence-electron chi connectivity index (χ2n) is 4.18. The number of nitrogens with zero attached hydrogens (tertiary/aromatic N) is 2. The van der Waals surface area contributed by atoms with Crippen LogP contribution in [0.15, 0.2) is 35.3 Å². The molecule has 0 radical (unpaired) electrons. The SMILES string of the molecule is Cc1cn(C)c(=O)n1-c1ccc(C(=O)C(=O)O)cc1. The molecule has 0 unspecified atom stereocenters. The maximum Gasteiger partial charge on any atom is 0.377 e. The fourth-order valence-electron chi connectivity index (χ4n) is 1.90. The molecule has 0 aliphatic rings. The molecule has 6 heteroatoms. The number of Topliss-reactive ketones (excluding diaryl/α,β-unsaturated/α-hetero) is 1. The smallest absolute Gasteiger partial charge is 0.377 e.